The Morgan fingerprint density at radius 2 is 2.04 bits per heavy atom. The Hall–Kier alpha value is -2.33. The SMILES string of the molecule is COc1cccc2c1OCC(CN(C)[C@@H](C)c1ccncc1)=C2. The van der Waals surface area contributed by atoms with Crippen LogP contribution < -0.4 is 9.47 Å². The zero-order valence-corrected chi connectivity index (χ0v) is 13.8. The third-order valence-corrected chi connectivity index (χ3v) is 4.29. The monoisotopic (exact) mass is 310 g/mol. The third kappa shape index (κ3) is 3.37. The smallest absolute Gasteiger partial charge is 0.168 e. The summed E-state index contributed by atoms with van der Waals surface area (Å²) in [6, 6.07) is 10.4. The summed E-state index contributed by atoms with van der Waals surface area (Å²) in [6.07, 6.45) is 5.88. The van der Waals surface area contributed by atoms with Gasteiger partial charge in [-0.25, -0.2) is 0 Å². The number of hydrogen-bond donors (Lipinski definition) is 0. The van der Waals surface area contributed by atoms with Gasteiger partial charge in [0.1, 0.15) is 6.61 Å². The van der Waals surface area contributed by atoms with Crippen molar-refractivity contribution in [1.29, 1.82) is 0 Å². The predicted octanol–water partition coefficient (Wildman–Crippen LogP) is 3.56. The van der Waals surface area contributed by atoms with Crippen LogP contribution in [0.2, 0.25) is 0 Å². The molecule has 1 aromatic heterocycles. The Morgan fingerprint density at radius 1 is 1.26 bits per heavy atom. The van der Waals surface area contributed by atoms with Crippen molar-refractivity contribution >= 4 is 6.08 Å². The predicted molar refractivity (Wildman–Crippen MR) is 91.7 cm³/mol. The van der Waals surface area contributed by atoms with E-state index in [0.717, 1.165) is 23.6 Å². The fourth-order valence-corrected chi connectivity index (χ4v) is 2.83. The molecule has 23 heavy (non-hydrogen) atoms. The van der Waals surface area contributed by atoms with Crippen LogP contribution in [-0.4, -0.2) is 37.2 Å². The molecule has 4 heteroatoms. The summed E-state index contributed by atoms with van der Waals surface area (Å²) < 4.78 is 11.3. The number of hydrogen-bond acceptors (Lipinski definition) is 4. The first-order valence-corrected chi connectivity index (χ1v) is 7.78. The molecule has 1 aliphatic heterocycles. The van der Waals surface area contributed by atoms with Crippen LogP contribution in [0.15, 0.2) is 48.3 Å². The maximum absolute atomic E-state index is 5.91. The molecule has 1 atom stereocenters. The Kier molecular flexibility index (Phi) is 4.63. The van der Waals surface area contributed by atoms with Crippen molar-refractivity contribution in [2.45, 2.75) is 13.0 Å². The van der Waals surface area contributed by atoms with Crippen LogP contribution in [0.3, 0.4) is 0 Å². The highest BCUT2D eigenvalue weighted by Gasteiger charge is 2.18. The van der Waals surface area contributed by atoms with Crippen LogP contribution >= 0.6 is 0 Å². The van der Waals surface area contributed by atoms with Crippen molar-refractivity contribution in [3.63, 3.8) is 0 Å². The normalized spacial score (nSPS) is 14.7. The lowest BCUT2D eigenvalue weighted by atomic mass is 10.0. The highest BCUT2D eigenvalue weighted by Crippen LogP contribution is 2.35. The summed E-state index contributed by atoms with van der Waals surface area (Å²) in [4.78, 5) is 6.40. The number of nitrogens with zero attached hydrogens (tertiary/aromatic N) is 2. The van der Waals surface area contributed by atoms with Gasteiger partial charge in [-0.05, 0) is 49.4 Å². The van der Waals surface area contributed by atoms with E-state index in [1.165, 1.54) is 11.1 Å². The van der Waals surface area contributed by atoms with E-state index in [-0.39, 0.29) is 0 Å². The minimum atomic E-state index is 0.325. The minimum absolute atomic E-state index is 0.325. The van der Waals surface area contributed by atoms with Crippen LogP contribution in [0, 0.1) is 0 Å². The molecule has 2 heterocycles. The Morgan fingerprint density at radius 3 is 2.78 bits per heavy atom. The molecule has 3 rings (SSSR count). The molecule has 0 amide bonds. The largest absolute Gasteiger partial charge is 0.493 e. The minimum Gasteiger partial charge on any atom is -0.493 e. The number of aromatic nitrogens is 1. The number of rotatable bonds is 5. The molecule has 2 aromatic rings. The van der Waals surface area contributed by atoms with Crippen LogP contribution in [0.25, 0.3) is 6.08 Å². The zero-order valence-electron chi connectivity index (χ0n) is 13.8. The van der Waals surface area contributed by atoms with E-state index in [1.54, 1.807) is 7.11 Å². The van der Waals surface area contributed by atoms with E-state index in [9.17, 15) is 0 Å². The molecule has 0 radical (unpaired) electrons. The number of ether oxygens (including phenoxy) is 2. The van der Waals surface area contributed by atoms with Crippen LogP contribution in [0.4, 0.5) is 0 Å². The first kappa shape index (κ1) is 15.6. The molecule has 4 nitrogen and oxygen atoms in total. The van der Waals surface area contributed by atoms with Crippen molar-refractivity contribution in [2.75, 3.05) is 27.3 Å². The number of methoxy groups -OCH3 is 1. The van der Waals surface area contributed by atoms with Gasteiger partial charge in [-0.15, -0.1) is 0 Å². The number of pyridine rings is 1. The zero-order chi connectivity index (χ0) is 16.2. The fraction of sp³-hybridized carbons (Fsp3) is 0.316. The van der Waals surface area contributed by atoms with Gasteiger partial charge in [-0.3, -0.25) is 9.88 Å². The van der Waals surface area contributed by atoms with Gasteiger partial charge in [0.05, 0.1) is 7.11 Å². The molecule has 1 aromatic carbocycles. The maximum Gasteiger partial charge on any atom is 0.168 e. The third-order valence-electron chi connectivity index (χ3n) is 4.29. The van der Waals surface area contributed by atoms with Gasteiger partial charge in [0, 0.05) is 30.5 Å². The molecule has 120 valence electrons. The molecule has 0 bridgehead atoms. The summed E-state index contributed by atoms with van der Waals surface area (Å²) in [7, 11) is 3.80. The highest BCUT2D eigenvalue weighted by atomic mass is 16.5. The van der Waals surface area contributed by atoms with Crippen molar-refractivity contribution in [3.05, 3.63) is 59.4 Å². The Labute approximate surface area is 137 Å². The number of benzene rings is 1. The van der Waals surface area contributed by atoms with Crippen LogP contribution in [0.5, 0.6) is 11.5 Å². The standard InChI is InChI=1S/C19H22N2O2/c1-14(16-7-9-20-10-8-16)21(2)12-15-11-17-5-4-6-18(22-3)19(17)23-13-15/h4-11,14H,12-13H2,1-3H3/t14-/m0/s1. The molecule has 0 N–H and O–H groups in total. The molecule has 0 saturated carbocycles. The van der Waals surface area contributed by atoms with Gasteiger partial charge < -0.3 is 9.47 Å². The molecule has 0 fully saturated rings. The van der Waals surface area contributed by atoms with E-state index in [1.807, 2.05) is 24.5 Å². The molecule has 1 aliphatic rings. The number of likely N-dealkylation sites (N-methyl/N-ethyl adjacent to an activating group) is 1. The lowest BCUT2D eigenvalue weighted by molar-refractivity contribution is 0.259. The van der Waals surface area contributed by atoms with E-state index < -0.39 is 0 Å². The molecule has 0 spiro atoms. The molecular weight excluding hydrogens is 288 g/mol. The topological polar surface area (TPSA) is 34.6 Å². The van der Waals surface area contributed by atoms with Gasteiger partial charge in [0.25, 0.3) is 0 Å². The van der Waals surface area contributed by atoms with Crippen molar-refractivity contribution in [3.8, 4) is 11.5 Å². The molecule has 0 saturated heterocycles. The van der Waals surface area contributed by atoms with E-state index in [2.05, 4.69) is 48.1 Å². The number of para-hydroxylation sites is 1. The fourth-order valence-electron chi connectivity index (χ4n) is 2.83. The van der Waals surface area contributed by atoms with E-state index in [4.69, 9.17) is 9.47 Å². The van der Waals surface area contributed by atoms with E-state index >= 15 is 0 Å². The summed E-state index contributed by atoms with van der Waals surface area (Å²) in [5.74, 6) is 1.62. The van der Waals surface area contributed by atoms with Crippen LogP contribution in [0.1, 0.15) is 24.1 Å². The number of fused-ring (bicyclic) bond motifs is 1. The Bertz CT molecular complexity index is 698. The van der Waals surface area contributed by atoms with Gasteiger partial charge in [-0.1, -0.05) is 12.1 Å². The van der Waals surface area contributed by atoms with Crippen molar-refractivity contribution < 1.29 is 9.47 Å². The Balaban J connectivity index is 1.74. The first-order chi connectivity index (χ1) is 11.2. The summed E-state index contributed by atoms with van der Waals surface area (Å²) in [5, 5.41) is 0. The lowest BCUT2D eigenvalue weighted by Crippen LogP contribution is -2.27. The molecular formula is C19H22N2O2. The lowest BCUT2D eigenvalue weighted by Gasteiger charge is -2.28. The first-order valence-electron chi connectivity index (χ1n) is 7.78. The summed E-state index contributed by atoms with van der Waals surface area (Å²) >= 11 is 0. The summed E-state index contributed by atoms with van der Waals surface area (Å²) in [5.41, 5.74) is 3.60. The van der Waals surface area contributed by atoms with Gasteiger partial charge in [0.2, 0.25) is 0 Å². The average molecular weight is 310 g/mol. The van der Waals surface area contributed by atoms with Crippen molar-refractivity contribution in [2.24, 2.45) is 0 Å². The van der Waals surface area contributed by atoms with Crippen molar-refractivity contribution in [1.82, 2.24) is 9.88 Å². The average Bonchev–Trinajstić information content (AvgIpc) is 2.61. The second-order valence-corrected chi connectivity index (χ2v) is 5.84. The van der Waals surface area contributed by atoms with Gasteiger partial charge in [0.15, 0.2) is 11.5 Å². The molecule has 0 unspecified atom stereocenters. The summed E-state index contributed by atoms with van der Waals surface area (Å²) in [6.45, 7) is 3.66. The second kappa shape index (κ2) is 6.84. The van der Waals surface area contributed by atoms with Gasteiger partial charge in [-0.2, -0.15) is 0 Å². The highest BCUT2D eigenvalue weighted by molar-refractivity contribution is 5.66. The van der Waals surface area contributed by atoms with Crippen LogP contribution in [-0.2, 0) is 0 Å². The van der Waals surface area contributed by atoms with Gasteiger partial charge >= 0.3 is 0 Å². The quantitative estimate of drug-likeness (QED) is 0.846. The second-order valence-electron chi connectivity index (χ2n) is 5.84. The maximum atomic E-state index is 5.91. The van der Waals surface area contributed by atoms with E-state index in [0.29, 0.717) is 12.6 Å². The molecule has 0 aliphatic carbocycles.